The van der Waals surface area contributed by atoms with Crippen LogP contribution < -0.4 is 0 Å². The minimum atomic E-state index is -0.294. The Morgan fingerprint density at radius 2 is 2.00 bits per heavy atom. The van der Waals surface area contributed by atoms with Crippen LogP contribution in [0.3, 0.4) is 0 Å². The van der Waals surface area contributed by atoms with E-state index in [1.54, 1.807) is 6.92 Å². The maximum absolute atomic E-state index is 10.8. The van der Waals surface area contributed by atoms with Crippen molar-refractivity contribution in [1.29, 1.82) is 0 Å². The molecular weight excluding hydrogens is 152 g/mol. The highest BCUT2D eigenvalue weighted by atomic mass is 16.2. The van der Waals surface area contributed by atoms with E-state index in [4.69, 9.17) is 0 Å². The molecule has 1 atom stereocenters. The van der Waals surface area contributed by atoms with E-state index in [0.717, 1.165) is 12.8 Å². The molecule has 0 saturated heterocycles. The number of rotatable bonds is 5. The van der Waals surface area contributed by atoms with E-state index in [1.807, 2.05) is 13.8 Å². The average Bonchev–Trinajstić information content (AvgIpc) is 2.02. The largest absolute Gasteiger partial charge is 0.295 e. The lowest BCUT2D eigenvalue weighted by atomic mass is 10.0. The second-order valence-corrected chi connectivity index (χ2v) is 3.28. The normalized spacial score (nSPS) is 11.9. The summed E-state index contributed by atoms with van der Waals surface area (Å²) in [5.41, 5.74) is 1.25. The molecule has 0 aromatic rings. The van der Waals surface area contributed by atoms with E-state index in [-0.39, 0.29) is 11.7 Å². The molecule has 0 aliphatic carbocycles. The number of hydrogen-bond donors (Lipinski definition) is 0. The minimum absolute atomic E-state index is 0.127. The Morgan fingerprint density at radius 3 is 2.42 bits per heavy atom. The van der Waals surface area contributed by atoms with Crippen LogP contribution in [0.1, 0.15) is 33.6 Å². The summed E-state index contributed by atoms with van der Waals surface area (Å²) in [5.74, 6) is -0.421. The third kappa shape index (κ3) is 4.83. The molecule has 0 rings (SSSR count). The number of Topliss-reactive ketones (excluding diaryl/α,β-unsaturated/α-hetero) is 1. The van der Waals surface area contributed by atoms with Crippen molar-refractivity contribution in [3.8, 4) is 0 Å². The SMILES string of the molecule is CC(C)=CCCC(C)C(=O)C=O. The molecule has 0 heterocycles. The zero-order chi connectivity index (χ0) is 9.56. The van der Waals surface area contributed by atoms with Gasteiger partial charge < -0.3 is 0 Å². The van der Waals surface area contributed by atoms with Crippen molar-refractivity contribution < 1.29 is 9.59 Å². The van der Waals surface area contributed by atoms with Crippen LogP contribution in [0, 0.1) is 5.92 Å². The molecule has 68 valence electrons. The summed E-state index contributed by atoms with van der Waals surface area (Å²) in [7, 11) is 0. The Morgan fingerprint density at radius 1 is 1.42 bits per heavy atom. The fourth-order valence-corrected chi connectivity index (χ4v) is 0.880. The molecule has 0 aromatic heterocycles. The van der Waals surface area contributed by atoms with Gasteiger partial charge in [-0.15, -0.1) is 0 Å². The molecule has 1 unspecified atom stereocenters. The topological polar surface area (TPSA) is 34.1 Å². The van der Waals surface area contributed by atoms with Gasteiger partial charge >= 0.3 is 0 Å². The maximum Gasteiger partial charge on any atom is 0.197 e. The third-order valence-electron chi connectivity index (χ3n) is 1.75. The summed E-state index contributed by atoms with van der Waals surface area (Å²) in [6.07, 6.45) is 4.13. The van der Waals surface area contributed by atoms with E-state index < -0.39 is 0 Å². The molecule has 0 amide bonds. The molecule has 0 N–H and O–H groups in total. The van der Waals surface area contributed by atoms with Crippen LogP contribution >= 0.6 is 0 Å². The summed E-state index contributed by atoms with van der Waals surface area (Å²) in [5, 5.41) is 0. The molecule has 2 heteroatoms. The van der Waals surface area contributed by atoms with E-state index in [9.17, 15) is 9.59 Å². The fraction of sp³-hybridized carbons (Fsp3) is 0.600. The van der Waals surface area contributed by atoms with Crippen LogP contribution in [-0.4, -0.2) is 12.1 Å². The summed E-state index contributed by atoms with van der Waals surface area (Å²) >= 11 is 0. The summed E-state index contributed by atoms with van der Waals surface area (Å²) in [4.78, 5) is 20.9. The molecule has 0 fully saturated rings. The van der Waals surface area contributed by atoms with Crippen molar-refractivity contribution in [2.45, 2.75) is 33.6 Å². The Balaban J connectivity index is 3.71. The van der Waals surface area contributed by atoms with Gasteiger partial charge in [0.05, 0.1) is 0 Å². The standard InChI is InChI=1S/C10H16O2/c1-8(2)5-4-6-9(3)10(12)7-11/h5,7,9H,4,6H2,1-3H3. The van der Waals surface area contributed by atoms with Crippen molar-refractivity contribution in [3.63, 3.8) is 0 Å². The van der Waals surface area contributed by atoms with Crippen molar-refractivity contribution in [2.24, 2.45) is 5.92 Å². The van der Waals surface area contributed by atoms with Gasteiger partial charge in [0, 0.05) is 5.92 Å². The summed E-state index contributed by atoms with van der Waals surface area (Å²) in [6.45, 7) is 5.83. The number of ketones is 1. The smallest absolute Gasteiger partial charge is 0.197 e. The summed E-state index contributed by atoms with van der Waals surface area (Å²) < 4.78 is 0. The predicted molar refractivity (Wildman–Crippen MR) is 48.9 cm³/mol. The van der Waals surface area contributed by atoms with Gasteiger partial charge in [-0.05, 0) is 26.7 Å². The lowest BCUT2D eigenvalue weighted by Crippen LogP contribution is -2.11. The molecule has 0 bridgehead atoms. The Bertz CT molecular complexity index is 188. The lowest BCUT2D eigenvalue weighted by Gasteiger charge is -2.02. The molecule has 0 radical (unpaired) electrons. The minimum Gasteiger partial charge on any atom is -0.295 e. The molecule has 0 saturated carbocycles. The first-order valence-corrected chi connectivity index (χ1v) is 4.20. The second kappa shape index (κ2) is 5.70. The molecule has 0 aliphatic heterocycles. The number of hydrogen-bond acceptors (Lipinski definition) is 2. The Kier molecular flexibility index (Phi) is 5.26. The average molecular weight is 168 g/mol. The Labute approximate surface area is 73.7 Å². The molecule has 0 spiro atoms. The van der Waals surface area contributed by atoms with Crippen LogP contribution in [0.2, 0.25) is 0 Å². The molecule has 0 aliphatic rings. The van der Waals surface area contributed by atoms with Gasteiger partial charge in [0.2, 0.25) is 0 Å². The van der Waals surface area contributed by atoms with E-state index in [2.05, 4.69) is 6.08 Å². The number of aldehydes is 1. The van der Waals surface area contributed by atoms with Crippen LogP contribution in [-0.2, 0) is 9.59 Å². The first-order valence-electron chi connectivity index (χ1n) is 4.20. The monoisotopic (exact) mass is 168 g/mol. The maximum atomic E-state index is 10.8. The van der Waals surface area contributed by atoms with Gasteiger partial charge in [0.15, 0.2) is 12.1 Å². The van der Waals surface area contributed by atoms with E-state index in [0.29, 0.717) is 6.29 Å². The van der Waals surface area contributed by atoms with Crippen LogP contribution in [0.4, 0.5) is 0 Å². The second-order valence-electron chi connectivity index (χ2n) is 3.28. The van der Waals surface area contributed by atoms with Gasteiger partial charge in [-0.2, -0.15) is 0 Å². The molecular formula is C10H16O2. The van der Waals surface area contributed by atoms with E-state index >= 15 is 0 Å². The lowest BCUT2D eigenvalue weighted by molar-refractivity contribution is -0.132. The highest BCUT2D eigenvalue weighted by Gasteiger charge is 2.09. The highest BCUT2D eigenvalue weighted by Crippen LogP contribution is 2.07. The molecule has 12 heavy (non-hydrogen) atoms. The van der Waals surface area contributed by atoms with Crippen molar-refractivity contribution in [1.82, 2.24) is 0 Å². The van der Waals surface area contributed by atoms with Gasteiger partial charge in [0.1, 0.15) is 0 Å². The molecule has 2 nitrogen and oxygen atoms in total. The fourth-order valence-electron chi connectivity index (χ4n) is 0.880. The summed E-state index contributed by atoms with van der Waals surface area (Å²) in [6, 6.07) is 0. The van der Waals surface area contributed by atoms with Gasteiger partial charge in [-0.25, -0.2) is 0 Å². The first-order chi connectivity index (χ1) is 5.57. The van der Waals surface area contributed by atoms with Crippen LogP contribution in [0.15, 0.2) is 11.6 Å². The van der Waals surface area contributed by atoms with Crippen molar-refractivity contribution in [2.75, 3.05) is 0 Å². The van der Waals surface area contributed by atoms with Gasteiger partial charge in [-0.1, -0.05) is 18.6 Å². The zero-order valence-electron chi connectivity index (χ0n) is 7.96. The van der Waals surface area contributed by atoms with Crippen LogP contribution in [0.5, 0.6) is 0 Å². The van der Waals surface area contributed by atoms with Crippen molar-refractivity contribution >= 4 is 12.1 Å². The van der Waals surface area contributed by atoms with E-state index in [1.165, 1.54) is 5.57 Å². The van der Waals surface area contributed by atoms with Gasteiger partial charge in [-0.3, -0.25) is 9.59 Å². The van der Waals surface area contributed by atoms with Crippen LogP contribution in [0.25, 0.3) is 0 Å². The number of allylic oxidation sites excluding steroid dienone is 2. The highest BCUT2D eigenvalue weighted by molar-refractivity contribution is 6.25. The zero-order valence-corrected chi connectivity index (χ0v) is 7.96. The molecule has 0 aromatic carbocycles. The number of carbonyl (C=O) groups is 2. The number of carbonyl (C=O) groups excluding carboxylic acids is 2. The Hall–Kier alpha value is -0.920. The van der Waals surface area contributed by atoms with Gasteiger partial charge in [0.25, 0.3) is 0 Å². The first kappa shape index (κ1) is 11.1. The third-order valence-corrected chi connectivity index (χ3v) is 1.75. The quantitative estimate of drug-likeness (QED) is 0.358. The predicted octanol–water partition coefficient (Wildman–Crippen LogP) is 2.14. The van der Waals surface area contributed by atoms with Crippen molar-refractivity contribution in [3.05, 3.63) is 11.6 Å².